The predicted molar refractivity (Wildman–Crippen MR) is 107 cm³/mol. The third-order valence-electron chi connectivity index (χ3n) is 5.72. The Morgan fingerprint density at radius 3 is 2.63 bits per heavy atom. The fourth-order valence-electron chi connectivity index (χ4n) is 4.20. The van der Waals surface area contributed by atoms with Gasteiger partial charge in [-0.3, -0.25) is 4.79 Å². The Morgan fingerprint density at radius 2 is 1.93 bits per heavy atom. The van der Waals surface area contributed by atoms with E-state index in [1.54, 1.807) is 12.4 Å². The first-order chi connectivity index (χ1) is 13.1. The molecule has 2 heterocycles. The van der Waals surface area contributed by atoms with Crippen molar-refractivity contribution in [3.05, 3.63) is 59.9 Å². The van der Waals surface area contributed by atoms with E-state index in [0.717, 1.165) is 23.9 Å². The van der Waals surface area contributed by atoms with Crippen molar-refractivity contribution in [1.29, 1.82) is 0 Å². The molecule has 0 unspecified atom stereocenters. The van der Waals surface area contributed by atoms with E-state index in [2.05, 4.69) is 53.5 Å². The average Bonchev–Trinajstić information content (AvgIpc) is 3.34. The van der Waals surface area contributed by atoms with E-state index >= 15 is 0 Å². The highest BCUT2D eigenvalue weighted by atomic mass is 16.1. The minimum absolute atomic E-state index is 0.0526. The van der Waals surface area contributed by atoms with E-state index in [-0.39, 0.29) is 17.4 Å². The Kier molecular flexibility index (Phi) is 4.68. The number of carbonyl (C=O) groups excluding carboxylic acids is 1. The Hall–Kier alpha value is -2.69. The molecule has 1 saturated carbocycles. The molecule has 0 aliphatic heterocycles. The molecule has 1 aromatic carbocycles. The first kappa shape index (κ1) is 17.7. The van der Waals surface area contributed by atoms with Gasteiger partial charge in [0.1, 0.15) is 0 Å². The molecule has 0 bridgehead atoms. The summed E-state index contributed by atoms with van der Waals surface area (Å²) in [4.78, 5) is 17.3. The molecule has 4 rings (SSSR count). The lowest BCUT2D eigenvalue weighted by molar-refractivity contribution is 0.0943. The number of nitrogens with one attached hydrogen (secondary N) is 1. The molecular formula is C22H26N4O. The van der Waals surface area contributed by atoms with E-state index in [4.69, 9.17) is 0 Å². The molecule has 1 aliphatic carbocycles. The number of hydrogen-bond donors (Lipinski definition) is 1. The molecule has 140 valence electrons. The third kappa shape index (κ3) is 3.34. The van der Waals surface area contributed by atoms with Gasteiger partial charge in [0.25, 0.3) is 5.91 Å². The van der Waals surface area contributed by atoms with Crippen LogP contribution in [0.4, 0.5) is 0 Å². The van der Waals surface area contributed by atoms with Gasteiger partial charge >= 0.3 is 0 Å². The van der Waals surface area contributed by atoms with Gasteiger partial charge in [0, 0.05) is 29.6 Å². The topological polar surface area (TPSA) is 59.8 Å². The Bertz CT molecular complexity index is 939. The first-order valence-corrected chi connectivity index (χ1v) is 9.76. The maximum absolute atomic E-state index is 12.8. The average molecular weight is 362 g/mol. The highest BCUT2D eigenvalue weighted by molar-refractivity contribution is 5.96. The number of amides is 1. The van der Waals surface area contributed by atoms with Crippen LogP contribution < -0.4 is 5.32 Å². The summed E-state index contributed by atoms with van der Waals surface area (Å²) in [5.41, 5.74) is 2.79. The second-order valence-corrected chi connectivity index (χ2v) is 7.86. The van der Waals surface area contributed by atoms with E-state index in [1.807, 2.05) is 16.8 Å². The molecular weight excluding hydrogens is 336 g/mol. The fraction of sp³-hybridized carbons (Fsp3) is 0.409. The van der Waals surface area contributed by atoms with Gasteiger partial charge in [-0.2, -0.15) is 5.10 Å². The molecule has 3 aromatic rings. The van der Waals surface area contributed by atoms with Crippen molar-refractivity contribution in [3.8, 4) is 0 Å². The van der Waals surface area contributed by atoms with Crippen LogP contribution in [0.25, 0.3) is 11.0 Å². The fourth-order valence-corrected chi connectivity index (χ4v) is 4.20. The largest absolute Gasteiger partial charge is 0.351 e. The molecule has 5 heteroatoms. The number of rotatable bonds is 5. The highest BCUT2D eigenvalue weighted by Crippen LogP contribution is 2.40. The second kappa shape index (κ2) is 7.14. The first-order valence-electron chi connectivity index (χ1n) is 9.76. The van der Waals surface area contributed by atoms with Crippen LogP contribution >= 0.6 is 0 Å². The number of hydrogen-bond acceptors (Lipinski definition) is 3. The summed E-state index contributed by atoms with van der Waals surface area (Å²) in [5, 5.41) is 8.44. The van der Waals surface area contributed by atoms with Crippen LogP contribution in [0.2, 0.25) is 0 Å². The molecule has 1 fully saturated rings. The quantitative estimate of drug-likeness (QED) is 0.738. The maximum Gasteiger partial charge on any atom is 0.252 e. The Balaban J connectivity index is 1.52. The smallest absolute Gasteiger partial charge is 0.252 e. The zero-order valence-electron chi connectivity index (χ0n) is 16.0. The number of nitrogens with zero attached hydrogens (tertiary/aromatic N) is 3. The van der Waals surface area contributed by atoms with Crippen molar-refractivity contribution >= 4 is 16.9 Å². The molecule has 5 nitrogen and oxygen atoms in total. The van der Waals surface area contributed by atoms with E-state index in [1.165, 1.54) is 18.4 Å². The van der Waals surface area contributed by atoms with Gasteiger partial charge in [-0.25, -0.2) is 9.67 Å². The van der Waals surface area contributed by atoms with Gasteiger partial charge in [-0.15, -0.1) is 0 Å². The van der Waals surface area contributed by atoms with E-state index in [0.29, 0.717) is 12.1 Å². The second-order valence-electron chi connectivity index (χ2n) is 7.86. The predicted octanol–water partition coefficient (Wildman–Crippen LogP) is 4.25. The normalized spacial score (nSPS) is 16.1. The van der Waals surface area contributed by atoms with Crippen LogP contribution in [-0.4, -0.2) is 27.2 Å². The van der Waals surface area contributed by atoms with Gasteiger partial charge < -0.3 is 5.32 Å². The van der Waals surface area contributed by atoms with Crippen LogP contribution in [0, 0.1) is 0 Å². The molecule has 0 atom stereocenters. The number of pyridine rings is 1. The molecule has 1 N–H and O–H groups in total. The van der Waals surface area contributed by atoms with Gasteiger partial charge in [-0.05, 0) is 38.3 Å². The van der Waals surface area contributed by atoms with Crippen LogP contribution in [0.1, 0.15) is 61.5 Å². The number of benzene rings is 1. The molecule has 27 heavy (non-hydrogen) atoms. The molecule has 0 spiro atoms. The minimum atomic E-state index is -0.0658. The standard InChI is InChI=1S/C22H26N4O/c1-16(2)26-20-17(14-25-26)12-18(13-23-20)21(27)24-15-22(10-6-7-11-22)19-8-4-3-5-9-19/h3-5,8-9,12-14,16H,6-7,10-11,15H2,1-2H3,(H,24,27). The summed E-state index contributed by atoms with van der Waals surface area (Å²) < 4.78 is 1.87. The molecule has 0 saturated heterocycles. The third-order valence-corrected chi connectivity index (χ3v) is 5.72. The van der Waals surface area contributed by atoms with Crippen molar-refractivity contribution in [1.82, 2.24) is 20.1 Å². The number of aromatic nitrogens is 3. The molecule has 1 amide bonds. The van der Waals surface area contributed by atoms with Gasteiger partial charge in [-0.1, -0.05) is 43.2 Å². The summed E-state index contributed by atoms with van der Waals surface area (Å²) in [6.07, 6.45) is 8.11. The number of fused-ring (bicyclic) bond motifs is 1. The molecule has 0 radical (unpaired) electrons. The van der Waals surface area contributed by atoms with Crippen molar-refractivity contribution < 1.29 is 4.79 Å². The summed E-state index contributed by atoms with van der Waals surface area (Å²) in [7, 11) is 0. The Morgan fingerprint density at radius 1 is 1.19 bits per heavy atom. The van der Waals surface area contributed by atoms with Crippen LogP contribution in [0.5, 0.6) is 0 Å². The summed E-state index contributed by atoms with van der Waals surface area (Å²) in [6, 6.07) is 12.7. The van der Waals surface area contributed by atoms with Crippen LogP contribution in [0.3, 0.4) is 0 Å². The van der Waals surface area contributed by atoms with Crippen molar-refractivity contribution in [3.63, 3.8) is 0 Å². The van der Waals surface area contributed by atoms with Gasteiger partial charge in [0.2, 0.25) is 0 Å². The van der Waals surface area contributed by atoms with E-state index < -0.39 is 0 Å². The van der Waals surface area contributed by atoms with Crippen molar-refractivity contribution in [2.75, 3.05) is 6.54 Å². The Labute approximate surface area is 159 Å². The SMILES string of the molecule is CC(C)n1ncc2cc(C(=O)NCC3(c4ccccc4)CCCC3)cnc21. The lowest BCUT2D eigenvalue weighted by Crippen LogP contribution is -2.39. The summed E-state index contributed by atoms with van der Waals surface area (Å²) >= 11 is 0. The minimum Gasteiger partial charge on any atom is -0.351 e. The van der Waals surface area contributed by atoms with Crippen LogP contribution in [0.15, 0.2) is 48.8 Å². The number of carbonyl (C=O) groups is 1. The monoisotopic (exact) mass is 362 g/mol. The molecule has 2 aromatic heterocycles. The molecule has 1 aliphatic rings. The van der Waals surface area contributed by atoms with Crippen LogP contribution in [-0.2, 0) is 5.41 Å². The zero-order chi connectivity index (χ0) is 18.9. The van der Waals surface area contributed by atoms with Crippen molar-refractivity contribution in [2.45, 2.75) is 51.0 Å². The summed E-state index contributed by atoms with van der Waals surface area (Å²) in [5.74, 6) is -0.0658. The lowest BCUT2D eigenvalue weighted by Gasteiger charge is -2.30. The zero-order valence-corrected chi connectivity index (χ0v) is 16.0. The van der Waals surface area contributed by atoms with Gasteiger partial charge in [0.05, 0.1) is 11.8 Å². The highest BCUT2D eigenvalue weighted by Gasteiger charge is 2.35. The van der Waals surface area contributed by atoms with Gasteiger partial charge in [0.15, 0.2) is 5.65 Å². The lowest BCUT2D eigenvalue weighted by atomic mass is 9.79. The maximum atomic E-state index is 12.8. The summed E-state index contributed by atoms with van der Waals surface area (Å²) in [6.45, 7) is 4.80. The van der Waals surface area contributed by atoms with E-state index in [9.17, 15) is 4.79 Å². The van der Waals surface area contributed by atoms with Crippen molar-refractivity contribution in [2.24, 2.45) is 0 Å².